The third kappa shape index (κ3) is 3.77. The topological polar surface area (TPSA) is 56.7 Å². The third-order valence-electron chi connectivity index (χ3n) is 5.57. The van der Waals surface area contributed by atoms with Gasteiger partial charge >= 0.3 is 6.18 Å². The van der Waals surface area contributed by atoms with Crippen LogP contribution >= 0.6 is 39.3 Å². The van der Waals surface area contributed by atoms with Gasteiger partial charge in [-0.1, -0.05) is 51.8 Å². The van der Waals surface area contributed by atoms with Crippen LogP contribution in [-0.4, -0.2) is 32.4 Å². The van der Waals surface area contributed by atoms with Gasteiger partial charge in [-0.15, -0.1) is 22.0 Å². The number of hydrogen-bond acceptors (Lipinski definition) is 5. The summed E-state index contributed by atoms with van der Waals surface area (Å²) >= 11 is 11.3. The summed E-state index contributed by atoms with van der Waals surface area (Å²) < 4.78 is 48.8. The molecule has 1 fully saturated rings. The largest absolute Gasteiger partial charge is 0.418 e. The van der Waals surface area contributed by atoms with Gasteiger partial charge in [-0.2, -0.15) is 18.3 Å². The SMILES string of the molecule is CSc1c(-c2nnc(C3(C(F)(F)F)CC3)o2)nn(-c2ccccc2Cl)c1-c1ccc(Br)cc1. The lowest BCUT2D eigenvalue weighted by atomic mass is 10.1. The molecular weight excluding hydrogens is 541 g/mol. The van der Waals surface area contributed by atoms with Crippen LogP contribution in [0.25, 0.3) is 28.5 Å². The van der Waals surface area contributed by atoms with Crippen LogP contribution in [0.1, 0.15) is 18.7 Å². The lowest BCUT2D eigenvalue weighted by molar-refractivity contribution is -0.165. The van der Waals surface area contributed by atoms with E-state index >= 15 is 0 Å². The van der Waals surface area contributed by atoms with Crippen molar-refractivity contribution >= 4 is 39.3 Å². The molecule has 0 amide bonds. The Balaban J connectivity index is 1.71. The van der Waals surface area contributed by atoms with Crippen molar-refractivity contribution in [2.24, 2.45) is 0 Å². The molecule has 0 radical (unpaired) electrons. The minimum Gasteiger partial charge on any atom is -0.418 e. The average molecular weight is 556 g/mol. The van der Waals surface area contributed by atoms with E-state index in [2.05, 4.69) is 31.2 Å². The molecule has 5 nitrogen and oxygen atoms in total. The van der Waals surface area contributed by atoms with Crippen LogP contribution in [0.2, 0.25) is 5.02 Å². The molecule has 1 aliphatic rings. The molecule has 1 saturated carbocycles. The number of hydrogen-bond donors (Lipinski definition) is 0. The molecule has 0 saturated heterocycles. The maximum Gasteiger partial charge on any atom is 0.403 e. The maximum atomic E-state index is 13.6. The minimum atomic E-state index is -4.45. The molecule has 5 rings (SSSR count). The number of thioether (sulfide) groups is 1. The molecule has 11 heteroatoms. The minimum absolute atomic E-state index is 0.0611. The second-order valence-corrected chi connectivity index (χ2v) is 9.73. The summed E-state index contributed by atoms with van der Waals surface area (Å²) in [5.74, 6) is -0.483. The first-order valence-corrected chi connectivity index (χ1v) is 12.2. The van der Waals surface area contributed by atoms with Crippen molar-refractivity contribution in [3.8, 4) is 28.5 Å². The molecule has 2 aromatic carbocycles. The molecule has 0 spiro atoms. The second-order valence-electron chi connectivity index (χ2n) is 7.59. The Morgan fingerprint density at radius 3 is 2.39 bits per heavy atom. The number of nitrogens with zero attached hydrogens (tertiary/aromatic N) is 4. The van der Waals surface area contributed by atoms with E-state index in [1.165, 1.54) is 11.8 Å². The fraction of sp³-hybridized carbons (Fsp3) is 0.227. The van der Waals surface area contributed by atoms with Gasteiger partial charge in [-0.25, -0.2) is 4.68 Å². The van der Waals surface area contributed by atoms with Crippen LogP contribution in [0.5, 0.6) is 0 Å². The Kier molecular flexibility index (Phi) is 5.57. The number of alkyl halides is 3. The van der Waals surface area contributed by atoms with Gasteiger partial charge in [-0.3, -0.25) is 0 Å². The molecule has 4 aromatic rings. The van der Waals surface area contributed by atoms with Crippen LogP contribution in [0.15, 0.2) is 62.3 Å². The van der Waals surface area contributed by atoms with Crippen LogP contribution in [0.4, 0.5) is 13.2 Å². The van der Waals surface area contributed by atoms with E-state index in [0.717, 1.165) is 15.7 Å². The van der Waals surface area contributed by atoms with Crippen molar-refractivity contribution in [1.29, 1.82) is 0 Å². The quantitative estimate of drug-likeness (QED) is 0.242. The molecule has 0 bridgehead atoms. The van der Waals surface area contributed by atoms with Crippen molar-refractivity contribution in [2.75, 3.05) is 6.26 Å². The van der Waals surface area contributed by atoms with Crippen molar-refractivity contribution in [1.82, 2.24) is 20.0 Å². The molecular formula is C22H15BrClF3N4OS. The van der Waals surface area contributed by atoms with Gasteiger partial charge in [0.2, 0.25) is 5.89 Å². The van der Waals surface area contributed by atoms with Crippen LogP contribution in [0.3, 0.4) is 0 Å². The van der Waals surface area contributed by atoms with Gasteiger partial charge in [0.05, 0.1) is 21.3 Å². The van der Waals surface area contributed by atoms with Crippen LogP contribution in [-0.2, 0) is 5.41 Å². The lowest BCUT2D eigenvalue weighted by Crippen LogP contribution is -2.28. The Morgan fingerprint density at radius 2 is 1.79 bits per heavy atom. The summed E-state index contributed by atoms with van der Waals surface area (Å²) in [7, 11) is 0. The molecule has 2 heterocycles. The monoisotopic (exact) mass is 554 g/mol. The number of benzene rings is 2. The zero-order valence-corrected chi connectivity index (χ0v) is 20.2. The van der Waals surface area contributed by atoms with E-state index in [4.69, 9.17) is 16.0 Å². The first-order valence-electron chi connectivity index (χ1n) is 9.84. The number of aromatic nitrogens is 4. The van der Waals surface area contributed by atoms with Crippen molar-refractivity contribution in [2.45, 2.75) is 29.3 Å². The summed E-state index contributed by atoms with van der Waals surface area (Å²) in [6.45, 7) is 0. The lowest BCUT2D eigenvalue weighted by Gasteiger charge is -2.14. The fourth-order valence-corrected chi connectivity index (χ4v) is 4.85. The molecule has 0 atom stereocenters. The normalized spacial score (nSPS) is 15.1. The van der Waals surface area contributed by atoms with Gasteiger partial charge < -0.3 is 4.42 Å². The highest BCUT2D eigenvalue weighted by Crippen LogP contribution is 2.58. The number of halogens is 5. The molecule has 0 unspecified atom stereocenters. The van der Waals surface area contributed by atoms with Crippen molar-refractivity contribution in [3.05, 3.63) is 63.9 Å². The Hall–Kier alpha value is -2.30. The van der Waals surface area contributed by atoms with Crippen LogP contribution in [0, 0.1) is 0 Å². The van der Waals surface area contributed by atoms with Crippen molar-refractivity contribution in [3.63, 3.8) is 0 Å². The summed E-state index contributed by atoms with van der Waals surface area (Å²) in [4.78, 5) is 0.685. The number of para-hydroxylation sites is 1. The summed E-state index contributed by atoms with van der Waals surface area (Å²) in [6, 6.07) is 14.8. The average Bonchev–Trinajstić information content (AvgIpc) is 3.32. The summed E-state index contributed by atoms with van der Waals surface area (Å²) in [5, 5.41) is 12.9. The predicted octanol–water partition coefficient (Wildman–Crippen LogP) is 7.32. The van der Waals surface area contributed by atoms with Gasteiger partial charge in [-0.05, 0) is 43.4 Å². The van der Waals surface area contributed by atoms with E-state index in [-0.39, 0.29) is 18.7 Å². The first-order chi connectivity index (χ1) is 15.7. The molecule has 0 N–H and O–H groups in total. The van der Waals surface area contributed by atoms with Gasteiger partial charge in [0.1, 0.15) is 5.41 Å². The Bertz CT molecular complexity index is 1330. The highest BCUT2D eigenvalue weighted by Gasteiger charge is 2.68. The zero-order valence-electron chi connectivity index (χ0n) is 17.0. The highest BCUT2D eigenvalue weighted by molar-refractivity contribution is 9.10. The van der Waals surface area contributed by atoms with E-state index in [0.29, 0.717) is 21.3 Å². The third-order valence-corrected chi connectivity index (χ3v) is 7.22. The summed E-state index contributed by atoms with van der Waals surface area (Å²) in [6.07, 6.45) is -2.72. The molecule has 0 aliphatic heterocycles. The van der Waals surface area contributed by atoms with Gasteiger partial charge in [0, 0.05) is 10.0 Å². The zero-order chi connectivity index (χ0) is 23.4. The van der Waals surface area contributed by atoms with Gasteiger partial charge in [0.25, 0.3) is 5.89 Å². The fourth-order valence-electron chi connectivity index (χ4n) is 3.65. The highest BCUT2D eigenvalue weighted by atomic mass is 79.9. The smallest absolute Gasteiger partial charge is 0.403 e. The maximum absolute atomic E-state index is 13.6. The Morgan fingerprint density at radius 1 is 1.09 bits per heavy atom. The predicted molar refractivity (Wildman–Crippen MR) is 124 cm³/mol. The van der Waals surface area contributed by atoms with E-state index in [1.807, 2.05) is 48.7 Å². The second kappa shape index (κ2) is 8.18. The van der Waals surface area contributed by atoms with Crippen LogP contribution < -0.4 is 0 Å². The first kappa shape index (κ1) is 22.5. The molecule has 33 heavy (non-hydrogen) atoms. The van der Waals surface area contributed by atoms with E-state index in [1.54, 1.807) is 10.7 Å². The van der Waals surface area contributed by atoms with Gasteiger partial charge in [0.15, 0.2) is 5.69 Å². The van der Waals surface area contributed by atoms with E-state index < -0.39 is 17.5 Å². The summed E-state index contributed by atoms with van der Waals surface area (Å²) in [5.41, 5.74) is 0.423. The molecule has 170 valence electrons. The molecule has 2 aromatic heterocycles. The number of rotatable bonds is 5. The Labute approximate surface area is 204 Å². The van der Waals surface area contributed by atoms with Crippen molar-refractivity contribution < 1.29 is 17.6 Å². The standard InChI is InChI=1S/C22H15BrClF3N4OS/c1-33-18-16(19-28-29-20(32-19)21(10-11-21)22(25,26)27)30-31(15-5-3-2-4-14(15)24)17(18)12-6-8-13(23)9-7-12/h2-9H,10-11H2,1H3. The molecule has 1 aliphatic carbocycles. The van der Waals surface area contributed by atoms with E-state index in [9.17, 15) is 13.2 Å².